The normalized spacial score (nSPS) is 20.1. The lowest BCUT2D eigenvalue weighted by atomic mass is 9.96. The van der Waals surface area contributed by atoms with Crippen molar-refractivity contribution in [2.24, 2.45) is 5.92 Å². The summed E-state index contributed by atoms with van der Waals surface area (Å²) in [5.41, 5.74) is -0.612. The highest BCUT2D eigenvalue weighted by Crippen LogP contribution is 2.29. The number of halogens is 3. The molecular formula is C21H24F3N3O3. The molecule has 0 aromatic heterocycles. The van der Waals surface area contributed by atoms with Crippen molar-refractivity contribution in [3.63, 3.8) is 0 Å². The maximum Gasteiger partial charge on any atom is 0.416 e. The molecule has 0 spiro atoms. The van der Waals surface area contributed by atoms with Crippen LogP contribution in [0.2, 0.25) is 0 Å². The lowest BCUT2D eigenvalue weighted by Crippen LogP contribution is -2.54. The second-order valence-corrected chi connectivity index (χ2v) is 7.52. The van der Waals surface area contributed by atoms with Crippen molar-refractivity contribution in [2.45, 2.75) is 19.0 Å². The highest BCUT2D eigenvalue weighted by Gasteiger charge is 2.33. The lowest BCUT2D eigenvalue weighted by Gasteiger charge is -2.39. The molecule has 1 aromatic carbocycles. The summed E-state index contributed by atoms with van der Waals surface area (Å²) >= 11 is 0. The molecule has 1 atom stereocenters. The number of carbonyl (C=O) groups excluding carboxylic acids is 3. The van der Waals surface area contributed by atoms with Crippen LogP contribution in [-0.2, 0) is 15.8 Å². The highest BCUT2D eigenvalue weighted by molar-refractivity contribution is 5.94. The minimum Gasteiger partial charge on any atom is -0.339 e. The number of benzene rings is 1. The largest absolute Gasteiger partial charge is 0.416 e. The molecule has 0 N–H and O–H groups in total. The number of amides is 3. The monoisotopic (exact) mass is 423 g/mol. The Balaban J connectivity index is 1.55. The van der Waals surface area contributed by atoms with Crippen LogP contribution in [0.25, 0.3) is 0 Å². The van der Waals surface area contributed by atoms with Gasteiger partial charge in [-0.15, -0.1) is 0 Å². The number of piperidine rings is 1. The molecule has 2 saturated heterocycles. The molecule has 30 heavy (non-hydrogen) atoms. The zero-order chi connectivity index (χ0) is 21.9. The summed E-state index contributed by atoms with van der Waals surface area (Å²) in [6.07, 6.45) is -1.73. The number of alkyl halides is 3. The molecule has 1 unspecified atom stereocenters. The Hall–Kier alpha value is -2.84. The summed E-state index contributed by atoms with van der Waals surface area (Å²) in [5, 5.41) is 0. The van der Waals surface area contributed by atoms with Crippen LogP contribution in [0, 0.1) is 5.92 Å². The van der Waals surface area contributed by atoms with Gasteiger partial charge >= 0.3 is 6.18 Å². The number of hydrogen-bond donors (Lipinski definition) is 0. The third kappa shape index (κ3) is 4.83. The van der Waals surface area contributed by atoms with Crippen molar-refractivity contribution < 1.29 is 27.6 Å². The van der Waals surface area contributed by atoms with Gasteiger partial charge in [-0.2, -0.15) is 13.2 Å². The van der Waals surface area contributed by atoms with Crippen LogP contribution in [0.1, 0.15) is 28.8 Å². The molecule has 2 heterocycles. The standard InChI is InChI=1S/C21H24F3N3O3/c1-2-18(28)27-9-3-4-16(14-27)20(30)26-12-10-25(11-13-26)19(29)15-5-7-17(8-6-15)21(22,23)24/h2,5-8,16H,1,3-4,9-14H2. The molecule has 2 aliphatic heterocycles. The zero-order valence-corrected chi connectivity index (χ0v) is 16.5. The van der Waals surface area contributed by atoms with Crippen molar-refractivity contribution in [3.8, 4) is 0 Å². The zero-order valence-electron chi connectivity index (χ0n) is 16.5. The van der Waals surface area contributed by atoms with E-state index in [2.05, 4.69) is 6.58 Å². The molecule has 0 radical (unpaired) electrons. The molecule has 9 heteroatoms. The van der Waals surface area contributed by atoms with Gasteiger partial charge < -0.3 is 14.7 Å². The predicted molar refractivity (Wildman–Crippen MR) is 103 cm³/mol. The van der Waals surface area contributed by atoms with E-state index in [0.717, 1.165) is 18.6 Å². The van der Waals surface area contributed by atoms with Crippen LogP contribution in [0.5, 0.6) is 0 Å². The van der Waals surface area contributed by atoms with E-state index in [-0.39, 0.29) is 29.2 Å². The van der Waals surface area contributed by atoms with Gasteiger partial charge in [-0.1, -0.05) is 6.58 Å². The Kier molecular flexibility index (Phi) is 6.48. The van der Waals surface area contributed by atoms with Crippen molar-refractivity contribution in [1.29, 1.82) is 0 Å². The van der Waals surface area contributed by atoms with Crippen LogP contribution in [0.3, 0.4) is 0 Å². The van der Waals surface area contributed by atoms with Gasteiger partial charge in [0, 0.05) is 44.8 Å². The second kappa shape index (κ2) is 8.89. The van der Waals surface area contributed by atoms with Crippen LogP contribution in [0.4, 0.5) is 13.2 Å². The van der Waals surface area contributed by atoms with Gasteiger partial charge in [0.1, 0.15) is 0 Å². The average molecular weight is 423 g/mol. The van der Waals surface area contributed by atoms with E-state index in [4.69, 9.17) is 0 Å². The summed E-state index contributed by atoms with van der Waals surface area (Å²) in [5.74, 6) is -0.825. The first-order valence-corrected chi connectivity index (χ1v) is 9.87. The molecule has 2 fully saturated rings. The van der Waals surface area contributed by atoms with E-state index in [1.807, 2.05) is 0 Å². The van der Waals surface area contributed by atoms with Gasteiger partial charge in [-0.25, -0.2) is 0 Å². The van der Waals surface area contributed by atoms with E-state index in [9.17, 15) is 27.6 Å². The Morgan fingerprint density at radius 2 is 1.53 bits per heavy atom. The molecule has 0 bridgehead atoms. The summed E-state index contributed by atoms with van der Waals surface area (Å²) in [7, 11) is 0. The fourth-order valence-corrected chi connectivity index (χ4v) is 3.88. The van der Waals surface area contributed by atoms with Crippen LogP contribution >= 0.6 is 0 Å². The SMILES string of the molecule is C=CC(=O)N1CCCC(C(=O)N2CCN(C(=O)c3ccc(C(F)(F)F)cc3)CC2)C1. The fraction of sp³-hybridized carbons (Fsp3) is 0.476. The van der Waals surface area contributed by atoms with Gasteiger partial charge in [0.2, 0.25) is 11.8 Å². The minimum absolute atomic E-state index is 0.0295. The van der Waals surface area contributed by atoms with Gasteiger partial charge in [0.25, 0.3) is 5.91 Å². The van der Waals surface area contributed by atoms with E-state index in [1.54, 1.807) is 14.7 Å². The van der Waals surface area contributed by atoms with E-state index >= 15 is 0 Å². The van der Waals surface area contributed by atoms with Gasteiger partial charge in [-0.05, 0) is 43.2 Å². The van der Waals surface area contributed by atoms with Crippen LogP contribution < -0.4 is 0 Å². The Labute approximate surface area is 172 Å². The molecule has 1 aromatic rings. The number of piperazine rings is 1. The topological polar surface area (TPSA) is 60.9 Å². The van der Waals surface area contributed by atoms with E-state index in [0.29, 0.717) is 45.7 Å². The molecule has 162 valence electrons. The Morgan fingerprint density at radius 1 is 0.933 bits per heavy atom. The third-order valence-electron chi connectivity index (χ3n) is 5.59. The van der Waals surface area contributed by atoms with Crippen molar-refractivity contribution in [3.05, 3.63) is 48.0 Å². The van der Waals surface area contributed by atoms with Crippen molar-refractivity contribution >= 4 is 17.7 Å². The van der Waals surface area contributed by atoms with Crippen molar-refractivity contribution in [1.82, 2.24) is 14.7 Å². The van der Waals surface area contributed by atoms with Crippen molar-refractivity contribution in [2.75, 3.05) is 39.3 Å². The van der Waals surface area contributed by atoms with Crippen LogP contribution in [-0.4, -0.2) is 71.7 Å². The highest BCUT2D eigenvalue weighted by atomic mass is 19.4. The Morgan fingerprint density at radius 3 is 2.10 bits per heavy atom. The molecule has 2 aliphatic rings. The Bertz CT molecular complexity index is 815. The van der Waals surface area contributed by atoms with Gasteiger partial charge in [0.05, 0.1) is 11.5 Å². The fourth-order valence-electron chi connectivity index (χ4n) is 3.88. The maximum atomic E-state index is 12.8. The summed E-state index contributed by atoms with van der Waals surface area (Å²) < 4.78 is 38.0. The van der Waals surface area contributed by atoms with Crippen LogP contribution in [0.15, 0.2) is 36.9 Å². The van der Waals surface area contributed by atoms with Gasteiger partial charge in [-0.3, -0.25) is 14.4 Å². The first-order valence-electron chi connectivity index (χ1n) is 9.87. The summed E-state index contributed by atoms with van der Waals surface area (Å²) in [4.78, 5) is 42.1. The average Bonchev–Trinajstić information content (AvgIpc) is 2.77. The molecule has 3 rings (SSSR count). The molecule has 0 aliphatic carbocycles. The quantitative estimate of drug-likeness (QED) is 0.702. The number of nitrogens with zero attached hydrogens (tertiary/aromatic N) is 3. The predicted octanol–water partition coefficient (Wildman–Crippen LogP) is 2.41. The lowest BCUT2D eigenvalue weighted by molar-refractivity contribution is -0.141. The summed E-state index contributed by atoms with van der Waals surface area (Å²) in [6, 6.07) is 4.14. The number of rotatable bonds is 3. The third-order valence-corrected chi connectivity index (χ3v) is 5.59. The van der Waals surface area contributed by atoms with E-state index < -0.39 is 11.7 Å². The number of likely N-dealkylation sites (tertiary alicyclic amines) is 1. The second-order valence-electron chi connectivity index (χ2n) is 7.52. The van der Waals surface area contributed by atoms with E-state index in [1.165, 1.54) is 18.2 Å². The first kappa shape index (κ1) is 21.9. The smallest absolute Gasteiger partial charge is 0.339 e. The van der Waals surface area contributed by atoms with Gasteiger partial charge in [0.15, 0.2) is 0 Å². The minimum atomic E-state index is -4.45. The maximum absolute atomic E-state index is 12.8. The first-order chi connectivity index (χ1) is 14.2. The molecular weight excluding hydrogens is 399 g/mol. The molecule has 3 amide bonds. The molecule has 0 saturated carbocycles. The molecule has 6 nitrogen and oxygen atoms in total. The summed E-state index contributed by atoms with van der Waals surface area (Å²) in [6.45, 7) is 5.81. The number of hydrogen-bond acceptors (Lipinski definition) is 3. The number of carbonyl (C=O) groups is 3.